The zero-order chi connectivity index (χ0) is 22.6. The number of nitrogens with one attached hydrogen (secondary N) is 3. The average Bonchev–Trinajstić information content (AvgIpc) is 3.64. The van der Waals surface area contributed by atoms with Crippen LogP contribution >= 0.6 is 0 Å². The summed E-state index contributed by atoms with van der Waals surface area (Å²) in [5, 5.41) is 11.2. The number of amides is 3. The molecule has 1 aromatic rings. The van der Waals surface area contributed by atoms with Gasteiger partial charge in [0.2, 0.25) is 11.8 Å². The molecule has 0 aromatic carbocycles. The molecule has 3 rings (SSSR count). The molecule has 0 radical (unpaired) electrons. The fraction of sp³-hybridized carbons (Fsp3) is 0.650. The maximum Gasteiger partial charge on any atom is 0.274 e. The second-order valence-electron chi connectivity index (χ2n) is 8.20. The molecular weight excluding hydrogens is 408 g/mol. The van der Waals surface area contributed by atoms with Gasteiger partial charge in [0.25, 0.3) is 5.91 Å². The molecule has 0 spiro atoms. The smallest absolute Gasteiger partial charge is 0.274 e. The van der Waals surface area contributed by atoms with Gasteiger partial charge in [0, 0.05) is 19.6 Å². The van der Waals surface area contributed by atoms with Gasteiger partial charge < -0.3 is 29.9 Å². The molecule has 170 valence electrons. The van der Waals surface area contributed by atoms with Gasteiger partial charge in [-0.05, 0) is 32.6 Å². The minimum atomic E-state index is -1.04. The van der Waals surface area contributed by atoms with Crippen molar-refractivity contribution in [3.63, 3.8) is 0 Å². The van der Waals surface area contributed by atoms with E-state index in [-0.39, 0.29) is 24.6 Å². The second kappa shape index (κ2) is 9.56. The van der Waals surface area contributed by atoms with Gasteiger partial charge in [-0.25, -0.2) is 0 Å². The topological polar surface area (TPSA) is 152 Å². The summed E-state index contributed by atoms with van der Waals surface area (Å²) in [6, 6.07) is -0.221. The summed E-state index contributed by atoms with van der Waals surface area (Å²) in [5.74, 6) is -0.744. The van der Waals surface area contributed by atoms with E-state index >= 15 is 0 Å². The molecule has 1 aliphatic heterocycles. The summed E-state index contributed by atoms with van der Waals surface area (Å²) in [6.07, 6.45) is 3.03. The Kier molecular flexibility index (Phi) is 7.06. The van der Waals surface area contributed by atoms with Gasteiger partial charge in [-0.1, -0.05) is 5.16 Å². The first kappa shape index (κ1) is 22.9. The van der Waals surface area contributed by atoms with Crippen molar-refractivity contribution < 1.29 is 33.2 Å². The average molecular weight is 436 g/mol. The van der Waals surface area contributed by atoms with Crippen molar-refractivity contribution in [1.29, 1.82) is 0 Å². The van der Waals surface area contributed by atoms with Crippen LogP contribution in [0.15, 0.2) is 10.6 Å². The molecule has 3 N–H and O–H groups in total. The first-order chi connectivity index (χ1) is 14.7. The molecule has 3 amide bonds. The molecular formula is C20H28N4O7. The van der Waals surface area contributed by atoms with Crippen molar-refractivity contribution in [2.45, 2.75) is 50.8 Å². The van der Waals surface area contributed by atoms with Gasteiger partial charge in [0.1, 0.15) is 17.4 Å². The molecule has 1 saturated carbocycles. The molecule has 1 aromatic heterocycles. The van der Waals surface area contributed by atoms with E-state index in [2.05, 4.69) is 21.1 Å². The Morgan fingerprint density at radius 2 is 2.00 bits per heavy atom. The number of ketones is 1. The van der Waals surface area contributed by atoms with Crippen LogP contribution in [-0.2, 0) is 30.3 Å². The third-order valence-electron chi connectivity index (χ3n) is 5.23. The summed E-state index contributed by atoms with van der Waals surface area (Å²) in [4.78, 5) is 49.0. The van der Waals surface area contributed by atoms with Crippen LogP contribution in [0.5, 0.6) is 0 Å². The maximum atomic E-state index is 12.4. The van der Waals surface area contributed by atoms with E-state index in [0.717, 1.165) is 19.3 Å². The Balaban J connectivity index is 1.46. The normalized spacial score (nSPS) is 21.6. The fourth-order valence-electron chi connectivity index (χ4n) is 3.06. The third kappa shape index (κ3) is 6.34. The molecule has 11 nitrogen and oxygen atoms in total. The molecule has 2 fully saturated rings. The maximum absolute atomic E-state index is 12.4. The Labute approximate surface area is 179 Å². The van der Waals surface area contributed by atoms with Gasteiger partial charge in [0.15, 0.2) is 11.5 Å². The lowest BCUT2D eigenvalue weighted by atomic mass is 10.0. The zero-order valence-corrected chi connectivity index (χ0v) is 17.9. The molecule has 1 aliphatic carbocycles. The van der Waals surface area contributed by atoms with Crippen molar-refractivity contribution in [3.8, 4) is 0 Å². The van der Waals surface area contributed by atoms with Crippen LogP contribution in [0.2, 0.25) is 0 Å². The second-order valence-corrected chi connectivity index (χ2v) is 8.20. The van der Waals surface area contributed by atoms with Crippen molar-refractivity contribution in [2.75, 3.05) is 26.9 Å². The molecule has 2 heterocycles. The lowest BCUT2D eigenvalue weighted by molar-refractivity contribution is -0.131. The largest absolute Gasteiger partial charge is 0.382 e. The van der Waals surface area contributed by atoms with Gasteiger partial charge in [-0.15, -0.1) is 0 Å². The predicted octanol–water partition coefficient (Wildman–Crippen LogP) is -0.649. The first-order valence-electron chi connectivity index (χ1n) is 10.2. The summed E-state index contributed by atoms with van der Waals surface area (Å²) >= 11 is 0. The van der Waals surface area contributed by atoms with Crippen LogP contribution in [0, 0.1) is 5.92 Å². The van der Waals surface area contributed by atoms with Crippen LogP contribution in [0.1, 0.15) is 42.9 Å². The van der Waals surface area contributed by atoms with Crippen LogP contribution in [0.25, 0.3) is 0 Å². The molecule has 2 unspecified atom stereocenters. The Morgan fingerprint density at radius 1 is 1.29 bits per heavy atom. The molecule has 31 heavy (non-hydrogen) atoms. The SMILES string of the molecule is COC[C@H](NC(=O)c1cc(CC2CC2)on1)C(=O)NCC(=O)NC(C)C(=O)C1(C)CO1. The Hall–Kier alpha value is -2.79. The predicted molar refractivity (Wildman–Crippen MR) is 106 cm³/mol. The van der Waals surface area contributed by atoms with E-state index in [1.54, 1.807) is 19.9 Å². The van der Waals surface area contributed by atoms with Crippen molar-refractivity contribution in [1.82, 2.24) is 21.1 Å². The highest BCUT2D eigenvalue weighted by atomic mass is 16.6. The number of carbonyl (C=O) groups excluding carboxylic acids is 4. The summed E-state index contributed by atoms with van der Waals surface area (Å²) in [6.45, 7) is 3.07. The Morgan fingerprint density at radius 3 is 2.61 bits per heavy atom. The number of nitrogens with zero attached hydrogens (tertiary/aromatic N) is 1. The molecule has 0 bridgehead atoms. The van der Waals surface area contributed by atoms with E-state index < -0.39 is 35.4 Å². The van der Waals surface area contributed by atoms with Gasteiger partial charge in [-0.3, -0.25) is 19.2 Å². The molecule has 11 heteroatoms. The highest BCUT2D eigenvalue weighted by Gasteiger charge is 2.48. The molecule has 2 aliphatic rings. The third-order valence-corrected chi connectivity index (χ3v) is 5.23. The highest BCUT2D eigenvalue weighted by Crippen LogP contribution is 2.32. The van der Waals surface area contributed by atoms with Crippen molar-refractivity contribution in [2.24, 2.45) is 5.92 Å². The van der Waals surface area contributed by atoms with Gasteiger partial charge in [-0.2, -0.15) is 0 Å². The van der Waals surface area contributed by atoms with E-state index in [4.69, 9.17) is 14.0 Å². The number of carbonyl (C=O) groups is 4. The van der Waals surface area contributed by atoms with Crippen LogP contribution in [-0.4, -0.2) is 73.2 Å². The monoisotopic (exact) mass is 436 g/mol. The van der Waals surface area contributed by atoms with Gasteiger partial charge in [0.05, 0.1) is 25.8 Å². The van der Waals surface area contributed by atoms with E-state index in [1.165, 1.54) is 7.11 Å². The first-order valence-corrected chi connectivity index (χ1v) is 10.2. The number of ether oxygens (including phenoxy) is 2. The van der Waals surface area contributed by atoms with Crippen LogP contribution < -0.4 is 16.0 Å². The van der Waals surface area contributed by atoms with E-state index in [0.29, 0.717) is 18.3 Å². The zero-order valence-electron chi connectivity index (χ0n) is 17.9. The molecule has 3 atom stereocenters. The van der Waals surface area contributed by atoms with Crippen molar-refractivity contribution >= 4 is 23.5 Å². The van der Waals surface area contributed by atoms with Crippen LogP contribution in [0.3, 0.4) is 0 Å². The number of epoxide rings is 1. The minimum Gasteiger partial charge on any atom is -0.382 e. The van der Waals surface area contributed by atoms with Crippen molar-refractivity contribution in [3.05, 3.63) is 17.5 Å². The Bertz CT molecular complexity index is 844. The van der Waals surface area contributed by atoms with Crippen LogP contribution in [0.4, 0.5) is 0 Å². The number of Topliss-reactive ketones (excluding diaryl/α,β-unsaturated/α-hetero) is 1. The summed E-state index contributed by atoms with van der Waals surface area (Å²) < 4.78 is 15.2. The number of aromatic nitrogens is 1. The number of methoxy groups -OCH3 is 1. The van der Waals surface area contributed by atoms with Gasteiger partial charge >= 0.3 is 0 Å². The highest BCUT2D eigenvalue weighted by molar-refractivity contribution is 5.98. The molecule has 1 saturated heterocycles. The van der Waals surface area contributed by atoms with E-state index in [1.807, 2.05) is 0 Å². The number of rotatable bonds is 12. The quantitative estimate of drug-likeness (QED) is 0.366. The fourth-order valence-corrected chi connectivity index (χ4v) is 3.06. The lowest BCUT2D eigenvalue weighted by Gasteiger charge is -2.18. The van der Waals surface area contributed by atoms with E-state index in [9.17, 15) is 19.2 Å². The summed E-state index contributed by atoms with van der Waals surface area (Å²) in [7, 11) is 1.39. The summed E-state index contributed by atoms with van der Waals surface area (Å²) in [5.41, 5.74) is -0.769. The number of hydrogen-bond acceptors (Lipinski definition) is 8. The number of hydrogen-bond donors (Lipinski definition) is 3. The lowest BCUT2D eigenvalue weighted by Crippen LogP contribution is -2.52. The minimum absolute atomic E-state index is 0.0745. The standard InChI is InChI=1S/C20H28N4O7/c1-11(17(26)20(2)10-30-20)22-16(25)8-21-18(27)15(9-29-3)23-19(28)14-7-13(31-24-14)6-12-4-5-12/h7,11-12,15H,4-6,8-10H2,1-3H3,(H,21,27)(H,22,25)(H,23,28)/t11?,15-,20?/m0/s1.